The minimum atomic E-state index is -0.0105. The highest BCUT2D eigenvalue weighted by Gasteiger charge is 2.22. The predicted octanol–water partition coefficient (Wildman–Crippen LogP) is 3.73. The Bertz CT molecular complexity index is 559. The zero-order valence-electron chi connectivity index (χ0n) is 11.2. The average Bonchev–Trinajstić information content (AvgIpc) is 2.70. The van der Waals surface area contributed by atoms with Gasteiger partial charge in [-0.3, -0.25) is 4.68 Å². The molecule has 0 aliphatic carbocycles. The van der Waals surface area contributed by atoms with Gasteiger partial charge in [-0.25, -0.2) is 0 Å². The first kappa shape index (κ1) is 14.4. The van der Waals surface area contributed by atoms with E-state index in [1.54, 1.807) is 10.9 Å². The van der Waals surface area contributed by atoms with Gasteiger partial charge < -0.3 is 5.32 Å². The molecule has 1 N–H and O–H groups in total. The Morgan fingerprint density at radius 1 is 1.32 bits per heavy atom. The molecule has 0 saturated carbocycles. The topological polar surface area (TPSA) is 29.9 Å². The number of rotatable bonds is 4. The summed E-state index contributed by atoms with van der Waals surface area (Å²) in [5.74, 6) is 0. The predicted molar refractivity (Wildman–Crippen MR) is 79.9 cm³/mol. The number of nitrogens with zero attached hydrogens (tertiary/aromatic N) is 2. The number of halogens is 2. The van der Waals surface area contributed by atoms with E-state index < -0.39 is 0 Å². The van der Waals surface area contributed by atoms with Crippen LogP contribution in [0.3, 0.4) is 0 Å². The van der Waals surface area contributed by atoms with Crippen molar-refractivity contribution in [1.29, 1.82) is 0 Å². The molecule has 3 nitrogen and oxygen atoms in total. The molecule has 1 unspecified atom stereocenters. The number of nitrogens with one attached hydrogen (secondary N) is 1. The van der Waals surface area contributed by atoms with E-state index in [4.69, 9.17) is 23.2 Å². The molecule has 1 atom stereocenters. The van der Waals surface area contributed by atoms with Crippen molar-refractivity contribution in [2.75, 3.05) is 6.54 Å². The summed E-state index contributed by atoms with van der Waals surface area (Å²) in [6.07, 6.45) is 1.67. The summed E-state index contributed by atoms with van der Waals surface area (Å²) in [5, 5.41) is 9.08. The molecule has 0 radical (unpaired) electrons. The maximum Gasteiger partial charge on any atom is 0.0837 e. The van der Waals surface area contributed by atoms with Crippen LogP contribution < -0.4 is 5.32 Å². The molecule has 0 aliphatic rings. The highest BCUT2D eigenvalue weighted by atomic mass is 35.5. The first-order valence-corrected chi connectivity index (χ1v) is 6.97. The largest absolute Gasteiger partial charge is 0.305 e. The van der Waals surface area contributed by atoms with Gasteiger partial charge in [0.25, 0.3) is 0 Å². The molecule has 0 aliphatic heterocycles. The van der Waals surface area contributed by atoms with E-state index in [2.05, 4.69) is 23.4 Å². The zero-order valence-corrected chi connectivity index (χ0v) is 12.8. The SMILES string of the molecule is CCNC(c1cccc(Cl)c1C)c1c(Cl)cnn1C. The molecule has 0 saturated heterocycles. The van der Waals surface area contributed by atoms with Crippen LogP contribution in [0, 0.1) is 6.92 Å². The lowest BCUT2D eigenvalue weighted by molar-refractivity contribution is 0.571. The van der Waals surface area contributed by atoms with Crippen LogP contribution in [-0.4, -0.2) is 16.3 Å². The normalized spacial score (nSPS) is 12.7. The van der Waals surface area contributed by atoms with Crippen LogP contribution in [0.25, 0.3) is 0 Å². The van der Waals surface area contributed by atoms with Crippen molar-refractivity contribution in [3.8, 4) is 0 Å². The van der Waals surface area contributed by atoms with Gasteiger partial charge in [0.1, 0.15) is 0 Å². The minimum Gasteiger partial charge on any atom is -0.305 e. The fourth-order valence-corrected chi connectivity index (χ4v) is 2.70. The van der Waals surface area contributed by atoms with Gasteiger partial charge in [-0.15, -0.1) is 0 Å². The summed E-state index contributed by atoms with van der Waals surface area (Å²) in [6.45, 7) is 4.92. The van der Waals surface area contributed by atoms with Crippen LogP contribution in [0.1, 0.15) is 29.8 Å². The van der Waals surface area contributed by atoms with Crippen LogP contribution >= 0.6 is 23.2 Å². The highest BCUT2D eigenvalue weighted by Crippen LogP contribution is 2.31. The molecule has 102 valence electrons. The Morgan fingerprint density at radius 3 is 2.63 bits per heavy atom. The lowest BCUT2D eigenvalue weighted by atomic mass is 9.98. The fraction of sp³-hybridized carbons (Fsp3) is 0.357. The molecule has 1 aromatic carbocycles. The second-order valence-corrected chi connectivity index (χ2v) is 5.26. The molecule has 1 aromatic heterocycles. The molecule has 2 aromatic rings. The second-order valence-electron chi connectivity index (χ2n) is 4.45. The third kappa shape index (κ3) is 2.78. The van der Waals surface area contributed by atoms with Gasteiger partial charge >= 0.3 is 0 Å². The monoisotopic (exact) mass is 297 g/mol. The van der Waals surface area contributed by atoms with Crippen LogP contribution in [0.2, 0.25) is 10.0 Å². The quantitative estimate of drug-likeness (QED) is 0.932. The van der Waals surface area contributed by atoms with Crippen molar-refractivity contribution < 1.29 is 0 Å². The summed E-state index contributed by atoms with van der Waals surface area (Å²) >= 11 is 12.5. The van der Waals surface area contributed by atoms with E-state index in [-0.39, 0.29) is 6.04 Å². The van der Waals surface area contributed by atoms with Gasteiger partial charge in [0.15, 0.2) is 0 Å². The maximum atomic E-state index is 6.26. The van der Waals surface area contributed by atoms with E-state index in [0.29, 0.717) is 5.02 Å². The van der Waals surface area contributed by atoms with Crippen LogP contribution in [-0.2, 0) is 7.05 Å². The Kier molecular flexibility index (Phi) is 4.50. The van der Waals surface area contributed by atoms with Crippen molar-refractivity contribution >= 4 is 23.2 Å². The Balaban J connectivity index is 2.55. The maximum absolute atomic E-state index is 6.26. The Labute approximate surface area is 123 Å². The lowest BCUT2D eigenvalue weighted by Gasteiger charge is -2.21. The van der Waals surface area contributed by atoms with Crippen LogP contribution in [0.15, 0.2) is 24.4 Å². The van der Waals surface area contributed by atoms with E-state index in [1.165, 1.54) is 0 Å². The standard InChI is InChI=1S/C14H17Cl2N3/c1-4-17-13(14-12(16)8-18-19(14)3)10-6-5-7-11(15)9(10)2/h5-8,13,17H,4H2,1-3H3. The van der Waals surface area contributed by atoms with Crippen molar-refractivity contribution in [2.24, 2.45) is 7.05 Å². The number of aromatic nitrogens is 2. The van der Waals surface area contributed by atoms with Crippen molar-refractivity contribution in [1.82, 2.24) is 15.1 Å². The summed E-state index contributed by atoms with van der Waals surface area (Å²) < 4.78 is 1.80. The molecule has 0 bridgehead atoms. The molecule has 19 heavy (non-hydrogen) atoms. The first-order valence-electron chi connectivity index (χ1n) is 6.22. The van der Waals surface area contributed by atoms with E-state index >= 15 is 0 Å². The summed E-state index contributed by atoms with van der Waals surface area (Å²) in [7, 11) is 1.89. The third-order valence-electron chi connectivity index (χ3n) is 3.24. The van der Waals surface area contributed by atoms with Crippen molar-refractivity contribution in [3.63, 3.8) is 0 Å². The van der Waals surface area contributed by atoms with Gasteiger partial charge in [0, 0.05) is 12.1 Å². The van der Waals surface area contributed by atoms with Gasteiger partial charge in [0.05, 0.1) is 23.0 Å². The van der Waals surface area contributed by atoms with Crippen molar-refractivity contribution in [2.45, 2.75) is 19.9 Å². The lowest BCUT2D eigenvalue weighted by Crippen LogP contribution is -2.25. The smallest absolute Gasteiger partial charge is 0.0837 e. The molecular formula is C14H17Cl2N3. The number of hydrogen-bond acceptors (Lipinski definition) is 2. The van der Waals surface area contributed by atoms with Gasteiger partial charge in [-0.1, -0.05) is 42.3 Å². The Hall–Kier alpha value is -1.03. The van der Waals surface area contributed by atoms with Gasteiger partial charge in [0.2, 0.25) is 0 Å². The van der Waals surface area contributed by atoms with Crippen LogP contribution in [0.5, 0.6) is 0 Å². The molecule has 0 spiro atoms. The minimum absolute atomic E-state index is 0.0105. The van der Waals surface area contributed by atoms with E-state index in [9.17, 15) is 0 Å². The van der Waals surface area contributed by atoms with E-state index in [0.717, 1.165) is 28.4 Å². The summed E-state index contributed by atoms with van der Waals surface area (Å²) in [6, 6.07) is 5.91. The highest BCUT2D eigenvalue weighted by molar-refractivity contribution is 6.31. The number of benzene rings is 1. The molecular weight excluding hydrogens is 281 g/mol. The average molecular weight is 298 g/mol. The molecule has 5 heteroatoms. The second kappa shape index (κ2) is 5.95. The third-order valence-corrected chi connectivity index (χ3v) is 3.94. The van der Waals surface area contributed by atoms with Gasteiger partial charge in [-0.05, 0) is 30.7 Å². The molecule has 1 heterocycles. The summed E-state index contributed by atoms with van der Waals surface area (Å²) in [4.78, 5) is 0. The number of hydrogen-bond donors (Lipinski definition) is 1. The first-order chi connectivity index (χ1) is 9.06. The van der Waals surface area contributed by atoms with Crippen molar-refractivity contribution in [3.05, 3.63) is 51.3 Å². The number of aryl methyl sites for hydroxylation is 1. The van der Waals surface area contributed by atoms with Crippen LogP contribution in [0.4, 0.5) is 0 Å². The summed E-state index contributed by atoms with van der Waals surface area (Å²) in [5.41, 5.74) is 3.14. The van der Waals surface area contributed by atoms with E-state index in [1.807, 2.05) is 26.1 Å². The zero-order chi connectivity index (χ0) is 14.0. The Morgan fingerprint density at radius 2 is 2.05 bits per heavy atom. The van der Waals surface area contributed by atoms with Gasteiger partial charge in [-0.2, -0.15) is 5.10 Å². The fourth-order valence-electron chi connectivity index (χ4n) is 2.24. The molecule has 2 rings (SSSR count). The molecule has 0 amide bonds. The molecule has 0 fully saturated rings.